The molecule has 23 heavy (non-hydrogen) atoms. The molecule has 3 unspecified atom stereocenters. The summed E-state index contributed by atoms with van der Waals surface area (Å²) in [6.45, 7) is 4.42. The summed E-state index contributed by atoms with van der Waals surface area (Å²) >= 11 is 0. The van der Waals surface area contributed by atoms with Gasteiger partial charge in [-0.15, -0.1) is 0 Å². The van der Waals surface area contributed by atoms with E-state index in [0.29, 0.717) is 17.9 Å². The molecule has 0 saturated heterocycles. The van der Waals surface area contributed by atoms with Crippen LogP contribution in [0.4, 0.5) is 5.69 Å². The van der Waals surface area contributed by atoms with Crippen LogP contribution in [0.25, 0.3) is 0 Å². The molecule has 4 rings (SSSR count). The van der Waals surface area contributed by atoms with E-state index in [1.165, 1.54) is 27.9 Å². The van der Waals surface area contributed by atoms with Crippen molar-refractivity contribution in [2.45, 2.75) is 32.2 Å². The van der Waals surface area contributed by atoms with Crippen LogP contribution in [0, 0.1) is 19.8 Å². The Bertz CT molecular complexity index is 760. The van der Waals surface area contributed by atoms with Gasteiger partial charge in [0.15, 0.2) is 0 Å². The molecule has 0 amide bonds. The van der Waals surface area contributed by atoms with E-state index < -0.39 is 0 Å². The molecule has 2 nitrogen and oxygen atoms in total. The van der Waals surface area contributed by atoms with Crippen molar-refractivity contribution >= 4 is 5.69 Å². The molecule has 118 valence electrons. The van der Waals surface area contributed by atoms with Crippen molar-refractivity contribution in [1.29, 1.82) is 0 Å². The first-order valence-electron chi connectivity index (χ1n) is 8.35. The smallest absolute Gasteiger partial charge is 0.118 e. The molecule has 0 bridgehead atoms. The molecule has 0 aromatic heterocycles. The number of hydrogen-bond donors (Lipinski definition) is 1. The Morgan fingerprint density at radius 1 is 1.09 bits per heavy atom. The highest BCUT2D eigenvalue weighted by molar-refractivity contribution is 5.63. The van der Waals surface area contributed by atoms with Crippen LogP contribution in [0.5, 0.6) is 5.75 Å². The topological polar surface area (TPSA) is 21.3 Å². The van der Waals surface area contributed by atoms with Gasteiger partial charge in [0, 0.05) is 11.6 Å². The van der Waals surface area contributed by atoms with Crippen LogP contribution in [0.15, 0.2) is 48.6 Å². The molecule has 1 N–H and O–H groups in total. The summed E-state index contributed by atoms with van der Waals surface area (Å²) in [5.41, 5.74) is 6.86. The summed E-state index contributed by atoms with van der Waals surface area (Å²) < 4.78 is 5.30. The fourth-order valence-corrected chi connectivity index (χ4v) is 4.28. The van der Waals surface area contributed by atoms with E-state index in [4.69, 9.17) is 4.74 Å². The van der Waals surface area contributed by atoms with E-state index in [0.717, 1.165) is 12.2 Å². The molecule has 0 fully saturated rings. The zero-order chi connectivity index (χ0) is 16.0. The molecule has 1 aliphatic heterocycles. The molecule has 3 atom stereocenters. The van der Waals surface area contributed by atoms with Gasteiger partial charge in [0.2, 0.25) is 0 Å². The number of ether oxygens (including phenoxy) is 1. The molecule has 1 heterocycles. The number of nitrogens with one attached hydrogen (secondary N) is 1. The number of fused-ring (bicyclic) bond motifs is 3. The summed E-state index contributed by atoms with van der Waals surface area (Å²) in [4.78, 5) is 0. The van der Waals surface area contributed by atoms with Crippen molar-refractivity contribution in [3.63, 3.8) is 0 Å². The second-order valence-corrected chi connectivity index (χ2v) is 6.79. The highest BCUT2D eigenvalue weighted by Gasteiger charge is 2.38. The van der Waals surface area contributed by atoms with E-state index >= 15 is 0 Å². The lowest BCUT2D eigenvalue weighted by Gasteiger charge is -2.38. The zero-order valence-electron chi connectivity index (χ0n) is 14.0. The molecule has 0 saturated carbocycles. The summed E-state index contributed by atoms with van der Waals surface area (Å²) in [6, 6.07) is 13.5. The molecule has 2 aromatic rings. The Morgan fingerprint density at radius 3 is 2.61 bits per heavy atom. The van der Waals surface area contributed by atoms with Crippen LogP contribution in [-0.2, 0) is 0 Å². The molecular formula is C21H23NO. The monoisotopic (exact) mass is 305 g/mol. The molecule has 2 aliphatic rings. The van der Waals surface area contributed by atoms with Crippen LogP contribution in [0.1, 0.15) is 40.6 Å². The predicted molar refractivity (Wildman–Crippen MR) is 95.3 cm³/mol. The second-order valence-electron chi connectivity index (χ2n) is 6.79. The first-order chi connectivity index (χ1) is 11.2. The van der Waals surface area contributed by atoms with Crippen LogP contribution >= 0.6 is 0 Å². The van der Waals surface area contributed by atoms with E-state index in [9.17, 15) is 0 Å². The van der Waals surface area contributed by atoms with Gasteiger partial charge < -0.3 is 10.1 Å². The summed E-state index contributed by atoms with van der Waals surface area (Å²) in [6.07, 6.45) is 5.90. The first-order valence-corrected chi connectivity index (χ1v) is 8.35. The van der Waals surface area contributed by atoms with Crippen molar-refractivity contribution in [3.05, 3.63) is 70.8 Å². The van der Waals surface area contributed by atoms with Crippen LogP contribution in [-0.4, -0.2) is 7.11 Å². The minimum absolute atomic E-state index is 0.356. The number of anilines is 1. The van der Waals surface area contributed by atoms with Crippen molar-refractivity contribution < 1.29 is 4.74 Å². The third-order valence-electron chi connectivity index (χ3n) is 5.29. The normalized spacial score (nSPS) is 24.7. The SMILES string of the molecule is COc1ccc(C2Nc3cc(C)cc(C)c3C3C=CCC32)cc1. The third kappa shape index (κ3) is 2.33. The van der Waals surface area contributed by atoms with E-state index in [1.54, 1.807) is 7.11 Å². The predicted octanol–water partition coefficient (Wildman–Crippen LogP) is 5.14. The maximum atomic E-state index is 5.30. The van der Waals surface area contributed by atoms with Crippen LogP contribution in [0.2, 0.25) is 0 Å². The van der Waals surface area contributed by atoms with Gasteiger partial charge in [-0.2, -0.15) is 0 Å². The van der Waals surface area contributed by atoms with Gasteiger partial charge in [0.25, 0.3) is 0 Å². The molecule has 0 spiro atoms. The number of methoxy groups -OCH3 is 1. The molecule has 1 aliphatic carbocycles. The standard InChI is InChI=1S/C21H23NO/c1-13-11-14(2)20-17-5-4-6-18(17)21(22-19(20)12-13)15-7-9-16(23-3)10-8-15/h4-5,7-12,17-18,21-22H,6H2,1-3H3. The Kier molecular flexibility index (Phi) is 3.41. The number of aryl methyl sites for hydroxylation is 2. The maximum absolute atomic E-state index is 5.30. The molecule has 2 heteroatoms. The van der Waals surface area contributed by atoms with Gasteiger partial charge >= 0.3 is 0 Å². The average Bonchev–Trinajstić information content (AvgIpc) is 3.03. The van der Waals surface area contributed by atoms with Crippen molar-refractivity contribution in [1.82, 2.24) is 0 Å². The maximum Gasteiger partial charge on any atom is 0.118 e. The van der Waals surface area contributed by atoms with Gasteiger partial charge in [-0.25, -0.2) is 0 Å². The van der Waals surface area contributed by atoms with Gasteiger partial charge in [-0.05, 0) is 66.6 Å². The Morgan fingerprint density at radius 2 is 1.87 bits per heavy atom. The van der Waals surface area contributed by atoms with Crippen molar-refractivity contribution in [2.75, 3.05) is 12.4 Å². The largest absolute Gasteiger partial charge is 0.497 e. The van der Waals surface area contributed by atoms with E-state index in [2.05, 4.69) is 67.7 Å². The number of hydrogen-bond acceptors (Lipinski definition) is 2. The van der Waals surface area contributed by atoms with Crippen LogP contribution < -0.4 is 10.1 Å². The lowest BCUT2D eigenvalue weighted by molar-refractivity contribution is 0.411. The van der Waals surface area contributed by atoms with Gasteiger partial charge in [0.1, 0.15) is 5.75 Å². The minimum atomic E-state index is 0.356. The summed E-state index contributed by atoms with van der Waals surface area (Å²) in [5, 5.41) is 3.82. The fourth-order valence-electron chi connectivity index (χ4n) is 4.28. The van der Waals surface area contributed by atoms with Crippen LogP contribution in [0.3, 0.4) is 0 Å². The number of allylic oxidation sites excluding steroid dienone is 2. The quantitative estimate of drug-likeness (QED) is 0.776. The van der Waals surface area contributed by atoms with Crippen molar-refractivity contribution in [2.24, 2.45) is 5.92 Å². The van der Waals surface area contributed by atoms with Gasteiger partial charge in [-0.1, -0.05) is 30.4 Å². The highest BCUT2D eigenvalue weighted by Crippen LogP contribution is 2.51. The Balaban J connectivity index is 1.77. The zero-order valence-corrected chi connectivity index (χ0v) is 14.0. The minimum Gasteiger partial charge on any atom is -0.497 e. The first kappa shape index (κ1) is 14.4. The summed E-state index contributed by atoms with van der Waals surface area (Å²) in [5.74, 6) is 2.04. The van der Waals surface area contributed by atoms with E-state index in [-0.39, 0.29) is 0 Å². The second kappa shape index (κ2) is 5.45. The Labute approximate surface area is 138 Å². The lowest BCUT2D eigenvalue weighted by Crippen LogP contribution is -2.29. The van der Waals surface area contributed by atoms with Gasteiger partial charge in [-0.3, -0.25) is 0 Å². The molecule has 0 radical (unpaired) electrons. The molecular weight excluding hydrogens is 282 g/mol. The Hall–Kier alpha value is -2.22. The van der Waals surface area contributed by atoms with Gasteiger partial charge in [0.05, 0.1) is 13.2 Å². The molecule has 2 aromatic carbocycles. The number of benzene rings is 2. The summed E-state index contributed by atoms with van der Waals surface area (Å²) in [7, 11) is 1.71. The fraction of sp³-hybridized carbons (Fsp3) is 0.333. The highest BCUT2D eigenvalue weighted by atomic mass is 16.5. The number of rotatable bonds is 2. The van der Waals surface area contributed by atoms with E-state index in [1.807, 2.05) is 0 Å². The third-order valence-corrected chi connectivity index (χ3v) is 5.29. The van der Waals surface area contributed by atoms with Crippen molar-refractivity contribution in [3.8, 4) is 5.75 Å². The average molecular weight is 305 g/mol. The lowest BCUT2D eigenvalue weighted by atomic mass is 9.75.